The fourth-order valence-electron chi connectivity index (χ4n) is 3.15. The molecule has 2 unspecified atom stereocenters. The van der Waals surface area contributed by atoms with Gasteiger partial charge in [0.25, 0.3) is 5.91 Å². The van der Waals surface area contributed by atoms with Crippen LogP contribution in [0.5, 0.6) is 11.5 Å². The van der Waals surface area contributed by atoms with Crippen molar-refractivity contribution in [2.75, 3.05) is 20.2 Å². The average Bonchev–Trinajstić information content (AvgIpc) is 2.69. The van der Waals surface area contributed by atoms with Gasteiger partial charge in [-0.05, 0) is 61.3 Å². The highest BCUT2D eigenvalue weighted by atomic mass is 35.5. The van der Waals surface area contributed by atoms with Gasteiger partial charge in [0.15, 0.2) is 11.5 Å². The lowest BCUT2D eigenvalue weighted by Crippen LogP contribution is -2.48. The summed E-state index contributed by atoms with van der Waals surface area (Å²) in [6.45, 7) is 4.39. The van der Waals surface area contributed by atoms with Crippen molar-refractivity contribution in [3.8, 4) is 11.5 Å². The first-order valence-corrected chi connectivity index (χ1v) is 9.51. The predicted octanol–water partition coefficient (Wildman–Crippen LogP) is 3.66. The smallest absolute Gasteiger partial charge is 0.251 e. The average molecular weight is 389 g/mol. The molecule has 1 aliphatic heterocycles. The molecule has 6 heteroatoms. The molecule has 1 aliphatic rings. The van der Waals surface area contributed by atoms with E-state index in [0.717, 1.165) is 25.1 Å². The Hall–Kier alpha value is -2.24. The molecule has 1 fully saturated rings. The summed E-state index contributed by atoms with van der Waals surface area (Å²) in [5.74, 6) is 1.46. The minimum Gasteiger partial charge on any atom is -0.493 e. The maximum absolute atomic E-state index is 12.6. The number of piperidine rings is 1. The Morgan fingerprint density at radius 1 is 1.22 bits per heavy atom. The molecule has 3 rings (SSSR count). The number of halogens is 1. The Morgan fingerprint density at radius 2 is 2.00 bits per heavy atom. The standard InChI is InChI=1S/C21H25ClN2O3/c1-14-12-23-10-9-18(14)24-21(25)16-5-8-19(20(11-16)26-2)27-13-15-3-6-17(22)7-4-15/h3-8,11,14,18,23H,9-10,12-13H2,1-2H3,(H,24,25). The van der Waals surface area contributed by atoms with Gasteiger partial charge < -0.3 is 20.1 Å². The number of hydrogen-bond acceptors (Lipinski definition) is 4. The van der Waals surface area contributed by atoms with Crippen LogP contribution in [0.2, 0.25) is 5.02 Å². The van der Waals surface area contributed by atoms with Gasteiger partial charge in [0.2, 0.25) is 0 Å². The molecule has 2 atom stereocenters. The van der Waals surface area contributed by atoms with Gasteiger partial charge in [-0.15, -0.1) is 0 Å². The lowest BCUT2D eigenvalue weighted by Gasteiger charge is -2.30. The normalized spacial score (nSPS) is 19.4. The van der Waals surface area contributed by atoms with Gasteiger partial charge in [-0.25, -0.2) is 0 Å². The molecule has 2 N–H and O–H groups in total. The highest BCUT2D eigenvalue weighted by Crippen LogP contribution is 2.29. The number of ether oxygens (including phenoxy) is 2. The topological polar surface area (TPSA) is 59.6 Å². The summed E-state index contributed by atoms with van der Waals surface area (Å²) < 4.78 is 11.3. The Balaban J connectivity index is 1.66. The van der Waals surface area contributed by atoms with Crippen LogP contribution in [0.15, 0.2) is 42.5 Å². The van der Waals surface area contributed by atoms with Gasteiger partial charge in [-0.3, -0.25) is 4.79 Å². The van der Waals surface area contributed by atoms with Crippen molar-refractivity contribution in [1.29, 1.82) is 0 Å². The van der Waals surface area contributed by atoms with E-state index in [-0.39, 0.29) is 11.9 Å². The summed E-state index contributed by atoms with van der Waals surface area (Å²) in [4.78, 5) is 12.6. The van der Waals surface area contributed by atoms with Gasteiger partial charge >= 0.3 is 0 Å². The summed E-state index contributed by atoms with van der Waals surface area (Å²) in [6.07, 6.45) is 0.937. The minimum absolute atomic E-state index is 0.0868. The molecule has 144 valence electrons. The van der Waals surface area contributed by atoms with Gasteiger partial charge in [-0.2, -0.15) is 0 Å². The van der Waals surface area contributed by atoms with Crippen molar-refractivity contribution in [3.05, 3.63) is 58.6 Å². The predicted molar refractivity (Wildman–Crippen MR) is 107 cm³/mol. The number of nitrogens with one attached hydrogen (secondary N) is 2. The second-order valence-electron chi connectivity index (χ2n) is 6.83. The Kier molecular flexibility index (Phi) is 6.58. The number of carbonyl (C=O) groups is 1. The van der Waals surface area contributed by atoms with Crippen LogP contribution < -0.4 is 20.1 Å². The number of carbonyl (C=O) groups excluding carboxylic acids is 1. The van der Waals surface area contributed by atoms with Crippen LogP contribution in [0.25, 0.3) is 0 Å². The number of rotatable bonds is 6. The molecule has 1 saturated heterocycles. The van der Waals surface area contributed by atoms with Crippen LogP contribution in [0.1, 0.15) is 29.3 Å². The number of hydrogen-bond donors (Lipinski definition) is 2. The second-order valence-corrected chi connectivity index (χ2v) is 7.27. The molecule has 0 aromatic heterocycles. The van der Waals surface area contributed by atoms with Crippen LogP contribution >= 0.6 is 11.6 Å². The zero-order valence-corrected chi connectivity index (χ0v) is 16.4. The molecule has 0 spiro atoms. The molecule has 1 heterocycles. The first-order chi connectivity index (χ1) is 13.1. The maximum Gasteiger partial charge on any atom is 0.251 e. The van der Waals surface area contributed by atoms with E-state index in [2.05, 4.69) is 17.6 Å². The van der Waals surface area contributed by atoms with Crippen LogP contribution in [0.4, 0.5) is 0 Å². The summed E-state index contributed by atoms with van der Waals surface area (Å²) in [5, 5.41) is 7.16. The van der Waals surface area contributed by atoms with E-state index in [1.807, 2.05) is 24.3 Å². The van der Waals surface area contributed by atoms with Crippen molar-refractivity contribution < 1.29 is 14.3 Å². The van der Waals surface area contributed by atoms with Gasteiger partial charge in [-0.1, -0.05) is 30.7 Å². The molecule has 5 nitrogen and oxygen atoms in total. The van der Waals surface area contributed by atoms with E-state index < -0.39 is 0 Å². The highest BCUT2D eigenvalue weighted by Gasteiger charge is 2.23. The fraction of sp³-hybridized carbons (Fsp3) is 0.381. The number of benzene rings is 2. The molecule has 0 radical (unpaired) electrons. The third kappa shape index (κ3) is 5.15. The van der Waals surface area contributed by atoms with Gasteiger partial charge in [0, 0.05) is 16.6 Å². The lowest BCUT2D eigenvalue weighted by atomic mass is 9.95. The molecule has 2 aromatic rings. The van der Waals surface area contributed by atoms with E-state index in [0.29, 0.717) is 34.6 Å². The third-order valence-electron chi connectivity index (χ3n) is 4.84. The van der Waals surface area contributed by atoms with E-state index >= 15 is 0 Å². The molecule has 0 aliphatic carbocycles. The Labute approximate surface area is 165 Å². The minimum atomic E-state index is -0.0868. The summed E-state index contributed by atoms with van der Waals surface area (Å²) in [5.41, 5.74) is 1.57. The van der Waals surface area contributed by atoms with Crippen LogP contribution in [-0.4, -0.2) is 32.1 Å². The molecular weight excluding hydrogens is 364 g/mol. The van der Waals surface area contributed by atoms with Crippen molar-refractivity contribution in [2.24, 2.45) is 5.92 Å². The van der Waals surface area contributed by atoms with Crippen molar-refractivity contribution >= 4 is 17.5 Å². The largest absolute Gasteiger partial charge is 0.493 e. The zero-order chi connectivity index (χ0) is 19.2. The molecule has 1 amide bonds. The summed E-state index contributed by atoms with van der Waals surface area (Å²) >= 11 is 5.90. The monoisotopic (exact) mass is 388 g/mol. The third-order valence-corrected chi connectivity index (χ3v) is 5.09. The molecule has 2 aromatic carbocycles. The lowest BCUT2D eigenvalue weighted by molar-refractivity contribution is 0.0913. The number of methoxy groups -OCH3 is 1. The van der Waals surface area contributed by atoms with Crippen LogP contribution in [-0.2, 0) is 6.61 Å². The molecular formula is C21H25ClN2O3. The second kappa shape index (κ2) is 9.11. The summed E-state index contributed by atoms with van der Waals surface area (Å²) in [6, 6.07) is 12.9. The van der Waals surface area contributed by atoms with Crippen LogP contribution in [0.3, 0.4) is 0 Å². The van der Waals surface area contributed by atoms with Crippen molar-refractivity contribution in [1.82, 2.24) is 10.6 Å². The van der Waals surface area contributed by atoms with E-state index in [1.54, 1.807) is 25.3 Å². The van der Waals surface area contributed by atoms with Gasteiger partial charge in [0.1, 0.15) is 6.61 Å². The highest BCUT2D eigenvalue weighted by molar-refractivity contribution is 6.30. The van der Waals surface area contributed by atoms with Crippen molar-refractivity contribution in [3.63, 3.8) is 0 Å². The van der Waals surface area contributed by atoms with Gasteiger partial charge in [0.05, 0.1) is 7.11 Å². The Morgan fingerprint density at radius 3 is 2.70 bits per heavy atom. The first-order valence-electron chi connectivity index (χ1n) is 9.13. The fourth-order valence-corrected chi connectivity index (χ4v) is 3.28. The summed E-state index contributed by atoms with van der Waals surface area (Å²) in [7, 11) is 1.57. The Bertz CT molecular complexity index is 779. The zero-order valence-electron chi connectivity index (χ0n) is 15.6. The van der Waals surface area contributed by atoms with E-state index in [4.69, 9.17) is 21.1 Å². The molecule has 27 heavy (non-hydrogen) atoms. The maximum atomic E-state index is 12.6. The van der Waals surface area contributed by atoms with E-state index in [1.165, 1.54) is 0 Å². The quantitative estimate of drug-likeness (QED) is 0.792. The van der Waals surface area contributed by atoms with E-state index in [9.17, 15) is 4.79 Å². The number of amides is 1. The van der Waals surface area contributed by atoms with Crippen molar-refractivity contribution in [2.45, 2.75) is 26.0 Å². The SMILES string of the molecule is COc1cc(C(=O)NC2CCNCC2C)ccc1OCc1ccc(Cl)cc1. The molecule has 0 bridgehead atoms. The molecule has 0 saturated carbocycles. The first kappa shape index (κ1) is 19.5. The van der Waals surface area contributed by atoms with Crippen LogP contribution in [0, 0.1) is 5.92 Å².